The van der Waals surface area contributed by atoms with E-state index in [2.05, 4.69) is 0 Å². The van der Waals surface area contributed by atoms with E-state index < -0.39 is 0 Å². The van der Waals surface area contributed by atoms with Crippen LogP contribution in [-0.4, -0.2) is 30.6 Å². The molecule has 2 aromatic rings. The standard InChI is InChI=1S/C21H21NO4S2/c1-4-25-17-9-6-14(18(13-17)26-5-2)12-19-20(23)22(21(27)28-19)15-7-10-16(24-3)11-8-15/h6-13H,4-5H2,1-3H3/b19-12-. The molecule has 5 nitrogen and oxygen atoms in total. The maximum absolute atomic E-state index is 13.0. The summed E-state index contributed by atoms with van der Waals surface area (Å²) in [6.45, 7) is 4.94. The summed E-state index contributed by atoms with van der Waals surface area (Å²) in [4.78, 5) is 15.0. The Balaban J connectivity index is 1.90. The number of carbonyl (C=O) groups is 1. The second-order valence-corrected chi connectivity index (χ2v) is 7.46. The Morgan fingerprint density at radius 1 is 1.04 bits per heavy atom. The number of nitrogens with zero attached hydrogens (tertiary/aromatic N) is 1. The highest BCUT2D eigenvalue weighted by atomic mass is 32.2. The molecule has 0 saturated carbocycles. The number of anilines is 1. The quantitative estimate of drug-likeness (QED) is 0.474. The average molecular weight is 416 g/mol. The van der Waals surface area contributed by atoms with Gasteiger partial charge in [0.15, 0.2) is 4.32 Å². The first-order valence-corrected chi connectivity index (χ1v) is 10.1. The Hall–Kier alpha value is -2.51. The minimum Gasteiger partial charge on any atom is -0.497 e. The van der Waals surface area contributed by atoms with Crippen LogP contribution in [0.25, 0.3) is 6.08 Å². The summed E-state index contributed by atoms with van der Waals surface area (Å²) < 4.78 is 16.9. The molecule has 1 fully saturated rings. The zero-order valence-corrected chi connectivity index (χ0v) is 17.6. The van der Waals surface area contributed by atoms with Gasteiger partial charge in [-0.25, -0.2) is 0 Å². The van der Waals surface area contributed by atoms with E-state index in [9.17, 15) is 4.79 Å². The van der Waals surface area contributed by atoms with Gasteiger partial charge in [-0.2, -0.15) is 0 Å². The van der Waals surface area contributed by atoms with Crippen molar-refractivity contribution in [3.63, 3.8) is 0 Å². The zero-order chi connectivity index (χ0) is 20.1. The summed E-state index contributed by atoms with van der Waals surface area (Å²) in [7, 11) is 1.60. The molecule has 0 aromatic heterocycles. The van der Waals surface area contributed by atoms with Gasteiger partial charge in [-0.1, -0.05) is 24.0 Å². The molecule has 2 aromatic carbocycles. The van der Waals surface area contributed by atoms with Gasteiger partial charge in [-0.15, -0.1) is 0 Å². The molecule has 0 bridgehead atoms. The molecule has 0 radical (unpaired) electrons. The first-order chi connectivity index (χ1) is 13.6. The minimum absolute atomic E-state index is 0.156. The topological polar surface area (TPSA) is 48.0 Å². The number of carbonyl (C=O) groups excluding carboxylic acids is 1. The van der Waals surface area contributed by atoms with Gasteiger partial charge in [0.25, 0.3) is 5.91 Å². The second kappa shape index (κ2) is 9.12. The smallest absolute Gasteiger partial charge is 0.270 e. The van der Waals surface area contributed by atoms with Crippen LogP contribution < -0.4 is 19.1 Å². The van der Waals surface area contributed by atoms with Gasteiger partial charge in [-0.05, 0) is 56.3 Å². The monoisotopic (exact) mass is 415 g/mol. The molecule has 3 rings (SSSR count). The molecule has 7 heteroatoms. The normalized spacial score (nSPS) is 15.2. The molecular formula is C21H21NO4S2. The summed E-state index contributed by atoms with van der Waals surface area (Å²) in [5, 5.41) is 0. The van der Waals surface area contributed by atoms with Gasteiger partial charge in [0.2, 0.25) is 0 Å². The van der Waals surface area contributed by atoms with Crippen molar-refractivity contribution in [2.75, 3.05) is 25.2 Å². The maximum Gasteiger partial charge on any atom is 0.270 e. The molecule has 0 atom stereocenters. The predicted molar refractivity (Wildman–Crippen MR) is 117 cm³/mol. The van der Waals surface area contributed by atoms with Crippen molar-refractivity contribution in [1.29, 1.82) is 0 Å². The minimum atomic E-state index is -0.156. The number of rotatable bonds is 7. The van der Waals surface area contributed by atoms with Crippen LogP contribution in [0.4, 0.5) is 5.69 Å². The summed E-state index contributed by atoms with van der Waals surface area (Å²) in [6, 6.07) is 12.8. The lowest BCUT2D eigenvalue weighted by molar-refractivity contribution is -0.113. The Morgan fingerprint density at radius 2 is 1.71 bits per heavy atom. The van der Waals surface area contributed by atoms with E-state index >= 15 is 0 Å². The van der Waals surface area contributed by atoms with E-state index in [4.69, 9.17) is 26.4 Å². The number of ether oxygens (including phenoxy) is 3. The van der Waals surface area contributed by atoms with E-state index in [1.54, 1.807) is 19.2 Å². The van der Waals surface area contributed by atoms with Crippen molar-refractivity contribution in [3.8, 4) is 17.2 Å². The first kappa shape index (κ1) is 20.2. The van der Waals surface area contributed by atoms with E-state index in [-0.39, 0.29) is 5.91 Å². The Labute approximate surface area is 174 Å². The number of hydrogen-bond donors (Lipinski definition) is 0. The average Bonchev–Trinajstić information content (AvgIpc) is 2.97. The molecule has 1 aliphatic rings. The third-order valence-corrected chi connectivity index (χ3v) is 5.31. The van der Waals surface area contributed by atoms with Gasteiger partial charge in [0.1, 0.15) is 17.2 Å². The van der Waals surface area contributed by atoms with E-state index in [1.165, 1.54) is 16.7 Å². The van der Waals surface area contributed by atoms with Crippen LogP contribution in [0.1, 0.15) is 19.4 Å². The molecule has 146 valence electrons. The number of amides is 1. The van der Waals surface area contributed by atoms with Crippen molar-refractivity contribution in [3.05, 3.63) is 52.9 Å². The summed E-state index contributed by atoms with van der Waals surface area (Å²) in [5.41, 5.74) is 1.52. The molecule has 0 aliphatic carbocycles. The third kappa shape index (κ3) is 4.31. The lowest BCUT2D eigenvalue weighted by Crippen LogP contribution is -2.27. The summed E-state index contributed by atoms with van der Waals surface area (Å²) >= 11 is 6.71. The number of thiocarbonyl (C=S) groups is 1. The fourth-order valence-electron chi connectivity index (χ4n) is 2.73. The van der Waals surface area contributed by atoms with Crippen LogP contribution in [0.5, 0.6) is 17.2 Å². The van der Waals surface area contributed by atoms with Crippen LogP contribution in [0, 0.1) is 0 Å². The molecule has 0 spiro atoms. The molecule has 1 amide bonds. The molecule has 0 N–H and O–H groups in total. The van der Waals surface area contributed by atoms with Crippen molar-refractivity contribution >= 4 is 46.0 Å². The Bertz CT molecular complexity index is 909. The summed E-state index contributed by atoms with van der Waals surface area (Å²) in [6.07, 6.45) is 1.81. The molecule has 1 heterocycles. The number of thioether (sulfide) groups is 1. The maximum atomic E-state index is 13.0. The van der Waals surface area contributed by atoms with Crippen LogP contribution in [0.2, 0.25) is 0 Å². The van der Waals surface area contributed by atoms with Gasteiger partial charge < -0.3 is 14.2 Å². The highest BCUT2D eigenvalue weighted by Crippen LogP contribution is 2.38. The molecule has 1 saturated heterocycles. The first-order valence-electron chi connectivity index (χ1n) is 8.89. The van der Waals surface area contributed by atoms with Crippen LogP contribution in [-0.2, 0) is 4.79 Å². The largest absolute Gasteiger partial charge is 0.497 e. The van der Waals surface area contributed by atoms with E-state index in [0.717, 1.165) is 17.1 Å². The number of methoxy groups -OCH3 is 1. The highest BCUT2D eigenvalue weighted by molar-refractivity contribution is 8.27. The van der Waals surface area contributed by atoms with Crippen molar-refractivity contribution < 1.29 is 19.0 Å². The molecule has 28 heavy (non-hydrogen) atoms. The zero-order valence-electron chi connectivity index (χ0n) is 15.9. The van der Waals surface area contributed by atoms with Gasteiger partial charge in [0, 0.05) is 11.6 Å². The van der Waals surface area contributed by atoms with E-state index in [0.29, 0.717) is 33.9 Å². The highest BCUT2D eigenvalue weighted by Gasteiger charge is 2.33. The summed E-state index contributed by atoms with van der Waals surface area (Å²) in [5.74, 6) is 1.97. The predicted octanol–water partition coefficient (Wildman–Crippen LogP) is 4.90. The lowest BCUT2D eigenvalue weighted by Gasteiger charge is -2.14. The number of benzene rings is 2. The van der Waals surface area contributed by atoms with Crippen molar-refractivity contribution in [2.45, 2.75) is 13.8 Å². The number of hydrogen-bond acceptors (Lipinski definition) is 6. The van der Waals surface area contributed by atoms with Gasteiger partial charge in [-0.3, -0.25) is 9.69 Å². The van der Waals surface area contributed by atoms with Gasteiger partial charge >= 0.3 is 0 Å². The molecule has 0 unspecified atom stereocenters. The Kier molecular flexibility index (Phi) is 6.59. The second-order valence-electron chi connectivity index (χ2n) is 5.78. The molecule has 1 aliphatic heterocycles. The van der Waals surface area contributed by atoms with Crippen LogP contribution in [0.15, 0.2) is 47.4 Å². The fourth-order valence-corrected chi connectivity index (χ4v) is 4.02. The van der Waals surface area contributed by atoms with Crippen molar-refractivity contribution in [2.24, 2.45) is 0 Å². The fraction of sp³-hybridized carbons (Fsp3) is 0.238. The third-order valence-electron chi connectivity index (χ3n) is 4.01. The van der Waals surface area contributed by atoms with Crippen molar-refractivity contribution in [1.82, 2.24) is 0 Å². The van der Waals surface area contributed by atoms with Gasteiger partial charge in [0.05, 0.1) is 30.9 Å². The lowest BCUT2D eigenvalue weighted by atomic mass is 10.1. The molecular weight excluding hydrogens is 394 g/mol. The van der Waals surface area contributed by atoms with Crippen LogP contribution >= 0.6 is 24.0 Å². The van der Waals surface area contributed by atoms with E-state index in [1.807, 2.05) is 50.3 Å². The Morgan fingerprint density at radius 3 is 2.36 bits per heavy atom. The SMILES string of the molecule is CCOc1ccc(/C=C2\SC(=S)N(c3ccc(OC)cc3)C2=O)c(OCC)c1. The van der Waals surface area contributed by atoms with Crippen LogP contribution in [0.3, 0.4) is 0 Å².